The lowest BCUT2D eigenvalue weighted by Gasteiger charge is -2.33. The van der Waals surface area contributed by atoms with Crippen molar-refractivity contribution in [1.29, 1.82) is 0 Å². The van der Waals surface area contributed by atoms with Gasteiger partial charge in [-0.3, -0.25) is 4.79 Å². The Balaban J connectivity index is 1.83. The Labute approximate surface area is 151 Å². The number of halogens is 2. The van der Waals surface area contributed by atoms with Crippen LogP contribution >= 0.6 is 23.4 Å². The lowest BCUT2D eigenvalue weighted by molar-refractivity contribution is -0.144. The molecule has 2 heterocycles. The lowest BCUT2D eigenvalue weighted by Crippen LogP contribution is -2.56. The molecular formula is C15H14ClFN4O3S. The Morgan fingerprint density at radius 2 is 2.08 bits per heavy atom. The van der Waals surface area contributed by atoms with Gasteiger partial charge in [0.15, 0.2) is 11.5 Å². The van der Waals surface area contributed by atoms with E-state index in [-0.39, 0.29) is 16.4 Å². The number of hydrogen-bond acceptors (Lipinski definition) is 5. The van der Waals surface area contributed by atoms with E-state index >= 15 is 0 Å². The van der Waals surface area contributed by atoms with Crippen molar-refractivity contribution in [1.82, 2.24) is 20.3 Å². The molecule has 0 bridgehead atoms. The van der Waals surface area contributed by atoms with Crippen LogP contribution in [0, 0.1) is 5.82 Å². The molecule has 1 fully saturated rings. The number of nitrogens with one attached hydrogen (secondary N) is 1. The predicted octanol–water partition coefficient (Wildman–Crippen LogP) is 2.14. The molecule has 0 saturated carbocycles. The highest BCUT2D eigenvalue weighted by Crippen LogP contribution is 2.28. The van der Waals surface area contributed by atoms with E-state index in [1.54, 1.807) is 17.8 Å². The Kier molecular flexibility index (Phi) is 4.96. The van der Waals surface area contributed by atoms with Gasteiger partial charge in [-0.1, -0.05) is 22.9 Å². The van der Waals surface area contributed by atoms with Gasteiger partial charge in [0.1, 0.15) is 11.2 Å². The maximum atomic E-state index is 14.0. The summed E-state index contributed by atoms with van der Waals surface area (Å²) in [4.78, 5) is 24.0. The molecule has 10 heteroatoms. The summed E-state index contributed by atoms with van der Waals surface area (Å²) in [7, 11) is 0. The van der Waals surface area contributed by atoms with Crippen molar-refractivity contribution in [3.8, 4) is 5.69 Å². The molecule has 1 aromatic carbocycles. The quantitative estimate of drug-likeness (QED) is 0.838. The van der Waals surface area contributed by atoms with Crippen LogP contribution in [-0.2, 0) is 4.79 Å². The minimum Gasteiger partial charge on any atom is -0.480 e. The van der Waals surface area contributed by atoms with Gasteiger partial charge in [0.05, 0.1) is 11.2 Å². The number of carboxylic acid groups (broad SMARTS) is 1. The van der Waals surface area contributed by atoms with E-state index in [1.807, 2.05) is 0 Å². The van der Waals surface area contributed by atoms with Crippen LogP contribution in [0.1, 0.15) is 23.3 Å². The van der Waals surface area contributed by atoms with Crippen molar-refractivity contribution in [2.75, 3.05) is 11.5 Å². The average Bonchev–Trinajstić information content (AvgIpc) is 3.08. The van der Waals surface area contributed by atoms with Crippen LogP contribution in [0.4, 0.5) is 4.39 Å². The van der Waals surface area contributed by atoms with Crippen molar-refractivity contribution in [2.24, 2.45) is 0 Å². The first-order valence-electron chi connectivity index (χ1n) is 7.43. The second kappa shape index (κ2) is 7.01. The van der Waals surface area contributed by atoms with Gasteiger partial charge in [-0.2, -0.15) is 11.8 Å². The molecule has 2 aromatic rings. The van der Waals surface area contributed by atoms with Gasteiger partial charge >= 0.3 is 5.97 Å². The topological polar surface area (TPSA) is 97.1 Å². The molecule has 0 unspecified atom stereocenters. The summed E-state index contributed by atoms with van der Waals surface area (Å²) in [6.45, 7) is 0. The fraction of sp³-hybridized carbons (Fsp3) is 0.333. The monoisotopic (exact) mass is 384 g/mol. The molecule has 0 radical (unpaired) electrons. The first-order chi connectivity index (χ1) is 11.9. The number of thioether (sulfide) groups is 1. The molecule has 0 spiro atoms. The van der Waals surface area contributed by atoms with Crippen LogP contribution in [0.25, 0.3) is 5.69 Å². The second-order valence-corrected chi connectivity index (χ2v) is 7.21. The van der Waals surface area contributed by atoms with Gasteiger partial charge in [-0.15, -0.1) is 5.10 Å². The zero-order valence-electron chi connectivity index (χ0n) is 12.9. The van der Waals surface area contributed by atoms with Crippen molar-refractivity contribution in [3.05, 3.63) is 40.9 Å². The van der Waals surface area contributed by atoms with Crippen molar-refractivity contribution >= 4 is 35.2 Å². The SMILES string of the molecule is O=C(NC1(C(=O)O)CCSCC1)c1cn(-c2cccc(Cl)c2F)nn1. The zero-order chi connectivity index (χ0) is 18.0. The molecule has 1 aliphatic heterocycles. The van der Waals surface area contributed by atoms with Crippen LogP contribution in [0.3, 0.4) is 0 Å². The largest absolute Gasteiger partial charge is 0.480 e. The average molecular weight is 385 g/mol. The fourth-order valence-electron chi connectivity index (χ4n) is 2.55. The number of aromatic nitrogens is 3. The van der Waals surface area contributed by atoms with Gasteiger partial charge in [-0.05, 0) is 36.5 Å². The number of benzene rings is 1. The number of hydrogen-bond donors (Lipinski definition) is 2. The van der Waals surface area contributed by atoms with E-state index in [0.29, 0.717) is 24.3 Å². The highest BCUT2D eigenvalue weighted by Gasteiger charge is 2.41. The lowest BCUT2D eigenvalue weighted by atomic mass is 9.92. The van der Waals surface area contributed by atoms with Crippen molar-refractivity contribution < 1.29 is 19.1 Å². The number of nitrogens with zero attached hydrogens (tertiary/aromatic N) is 3. The van der Waals surface area contributed by atoms with Crippen LogP contribution in [0.2, 0.25) is 5.02 Å². The summed E-state index contributed by atoms with van der Waals surface area (Å²) in [6.07, 6.45) is 1.89. The van der Waals surface area contributed by atoms with Crippen LogP contribution < -0.4 is 5.32 Å². The standard InChI is InChI=1S/C15H14ClFN4O3S/c16-9-2-1-3-11(12(9)17)21-8-10(19-20-21)13(22)18-15(14(23)24)4-6-25-7-5-15/h1-3,8H,4-7H2,(H,18,22)(H,23,24). The summed E-state index contributed by atoms with van der Waals surface area (Å²) in [5.41, 5.74) is -1.37. The summed E-state index contributed by atoms with van der Waals surface area (Å²) in [6, 6.07) is 4.37. The number of carbonyl (C=O) groups excluding carboxylic acids is 1. The zero-order valence-corrected chi connectivity index (χ0v) is 14.5. The highest BCUT2D eigenvalue weighted by molar-refractivity contribution is 7.99. The van der Waals surface area contributed by atoms with Gasteiger partial charge in [0, 0.05) is 0 Å². The molecule has 1 saturated heterocycles. The number of aliphatic carboxylic acids is 1. The van der Waals surface area contributed by atoms with Crippen molar-refractivity contribution in [3.63, 3.8) is 0 Å². The smallest absolute Gasteiger partial charge is 0.329 e. The highest BCUT2D eigenvalue weighted by atomic mass is 35.5. The van der Waals surface area contributed by atoms with E-state index in [2.05, 4.69) is 15.6 Å². The molecule has 0 aliphatic carbocycles. The minimum absolute atomic E-state index is 0.0427. The summed E-state index contributed by atoms with van der Waals surface area (Å²) < 4.78 is 15.1. The number of carbonyl (C=O) groups is 2. The van der Waals surface area contributed by atoms with E-state index < -0.39 is 23.2 Å². The van der Waals surface area contributed by atoms with Gasteiger partial charge < -0.3 is 10.4 Å². The Bertz CT molecular complexity index is 823. The van der Waals surface area contributed by atoms with Crippen LogP contribution in [0.5, 0.6) is 0 Å². The van der Waals surface area contributed by atoms with Gasteiger partial charge in [0.2, 0.25) is 0 Å². The molecular weight excluding hydrogens is 371 g/mol. The van der Waals surface area contributed by atoms with Crippen molar-refractivity contribution in [2.45, 2.75) is 18.4 Å². The number of amides is 1. The third kappa shape index (κ3) is 3.47. The Hall–Kier alpha value is -2.13. The molecule has 1 aliphatic rings. The first kappa shape index (κ1) is 17.7. The maximum Gasteiger partial charge on any atom is 0.329 e. The molecule has 0 atom stereocenters. The van der Waals surface area contributed by atoms with Crippen LogP contribution in [-0.4, -0.2) is 49.0 Å². The Morgan fingerprint density at radius 3 is 2.76 bits per heavy atom. The molecule has 132 valence electrons. The normalized spacial score (nSPS) is 16.4. The van der Waals surface area contributed by atoms with Gasteiger partial charge in [-0.25, -0.2) is 13.9 Å². The summed E-state index contributed by atoms with van der Waals surface area (Å²) >= 11 is 7.37. The Morgan fingerprint density at radius 1 is 1.36 bits per heavy atom. The summed E-state index contributed by atoms with van der Waals surface area (Å²) in [5, 5.41) is 19.4. The molecule has 1 amide bonds. The fourth-order valence-corrected chi connectivity index (χ4v) is 3.91. The van der Waals surface area contributed by atoms with E-state index in [9.17, 15) is 19.1 Å². The number of rotatable bonds is 4. The third-order valence-electron chi connectivity index (χ3n) is 4.01. The second-order valence-electron chi connectivity index (χ2n) is 5.58. The van der Waals surface area contributed by atoms with E-state index in [1.165, 1.54) is 18.3 Å². The van der Waals surface area contributed by atoms with Gasteiger partial charge in [0.25, 0.3) is 5.91 Å². The van der Waals surface area contributed by atoms with E-state index in [4.69, 9.17) is 11.6 Å². The molecule has 25 heavy (non-hydrogen) atoms. The minimum atomic E-state index is -1.31. The maximum absolute atomic E-state index is 14.0. The van der Waals surface area contributed by atoms with Crippen LogP contribution in [0.15, 0.2) is 24.4 Å². The summed E-state index contributed by atoms with van der Waals surface area (Å²) in [5.74, 6) is -1.13. The van der Waals surface area contributed by atoms with E-state index in [0.717, 1.165) is 4.68 Å². The number of carboxylic acids is 1. The molecule has 1 aromatic heterocycles. The third-order valence-corrected chi connectivity index (χ3v) is 5.29. The first-order valence-corrected chi connectivity index (χ1v) is 8.97. The molecule has 7 nitrogen and oxygen atoms in total. The molecule has 2 N–H and O–H groups in total. The molecule has 3 rings (SSSR count). The predicted molar refractivity (Wildman–Crippen MR) is 90.7 cm³/mol.